The van der Waals surface area contributed by atoms with E-state index >= 15 is 0 Å². The first-order valence-corrected chi connectivity index (χ1v) is 12.6. The first kappa shape index (κ1) is 24.3. The molecule has 1 aliphatic carbocycles. The molecule has 0 aliphatic heterocycles. The third-order valence-corrected chi connectivity index (χ3v) is 7.90. The number of hydrogen-bond donors (Lipinski definition) is 1. The molecule has 0 saturated heterocycles. The van der Waals surface area contributed by atoms with Gasteiger partial charge in [0, 0.05) is 10.7 Å². The molecular weight excluding hydrogens is 446 g/mol. The summed E-state index contributed by atoms with van der Waals surface area (Å²) >= 11 is 5.90. The molecule has 1 amide bonds. The Morgan fingerprint density at radius 3 is 2.22 bits per heavy atom. The number of nitrogens with zero attached hydrogens (tertiary/aromatic N) is 2. The number of rotatable bonds is 6. The fourth-order valence-corrected chi connectivity index (χ4v) is 5.43. The minimum Gasteiger partial charge on any atom is -0.271 e. The van der Waals surface area contributed by atoms with Crippen molar-refractivity contribution in [2.24, 2.45) is 16.4 Å². The normalized spacial score (nSPS) is 17.0. The zero-order valence-corrected chi connectivity index (χ0v) is 20.3. The van der Waals surface area contributed by atoms with Crippen LogP contribution >= 0.6 is 11.6 Å². The summed E-state index contributed by atoms with van der Waals surface area (Å²) in [5.74, 6) is 0.145. The van der Waals surface area contributed by atoms with Crippen LogP contribution in [0.1, 0.15) is 46.5 Å². The van der Waals surface area contributed by atoms with Crippen LogP contribution in [-0.4, -0.2) is 26.6 Å². The number of amides is 1. The van der Waals surface area contributed by atoms with Crippen molar-refractivity contribution in [2.75, 3.05) is 10.8 Å². The molecule has 32 heavy (non-hydrogen) atoms. The Hall–Kier alpha value is -2.38. The Bertz CT molecular complexity index is 1050. The van der Waals surface area contributed by atoms with E-state index in [-0.39, 0.29) is 16.9 Å². The molecule has 8 heteroatoms. The maximum atomic E-state index is 13.3. The van der Waals surface area contributed by atoms with Gasteiger partial charge in [0.15, 0.2) is 0 Å². The number of carbonyl (C=O) groups is 1. The molecule has 1 saturated carbocycles. The highest BCUT2D eigenvalue weighted by Gasteiger charge is 2.29. The number of hydrazone groups is 1. The van der Waals surface area contributed by atoms with E-state index in [9.17, 15) is 13.2 Å². The van der Waals surface area contributed by atoms with E-state index in [1.165, 1.54) is 24.3 Å². The lowest BCUT2D eigenvalue weighted by atomic mass is 9.72. The van der Waals surface area contributed by atoms with E-state index in [1.807, 2.05) is 0 Å². The Labute approximate surface area is 195 Å². The highest BCUT2D eigenvalue weighted by atomic mass is 35.5. The summed E-state index contributed by atoms with van der Waals surface area (Å²) in [5.41, 5.74) is 4.17. The van der Waals surface area contributed by atoms with Gasteiger partial charge in [0.25, 0.3) is 15.9 Å². The zero-order chi connectivity index (χ0) is 23.4. The van der Waals surface area contributed by atoms with E-state index in [0.717, 1.165) is 35.7 Å². The van der Waals surface area contributed by atoms with Crippen molar-refractivity contribution in [2.45, 2.75) is 51.3 Å². The summed E-state index contributed by atoms with van der Waals surface area (Å²) in [6.45, 7) is 6.37. The van der Waals surface area contributed by atoms with Gasteiger partial charge in [0.2, 0.25) is 0 Å². The van der Waals surface area contributed by atoms with Crippen LogP contribution in [0.4, 0.5) is 5.69 Å². The van der Waals surface area contributed by atoms with Gasteiger partial charge in [-0.3, -0.25) is 9.10 Å². The van der Waals surface area contributed by atoms with Crippen molar-refractivity contribution in [3.05, 3.63) is 59.6 Å². The van der Waals surface area contributed by atoms with Crippen LogP contribution in [0.3, 0.4) is 0 Å². The first-order valence-electron chi connectivity index (χ1n) is 10.7. The molecule has 2 aromatic carbocycles. The second kappa shape index (κ2) is 10.0. The molecule has 2 aromatic rings. The van der Waals surface area contributed by atoms with E-state index < -0.39 is 15.9 Å². The van der Waals surface area contributed by atoms with Crippen LogP contribution in [0.15, 0.2) is 64.6 Å². The minimum absolute atomic E-state index is 0.0605. The number of benzene rings is 2. The van der Waals surface area contributed by atoms with Gasteiger partial charge < -0.3 is 0 Å². The monoisotopic (exact) mass is 475 g/mol. The summed E-state index contributed by atoms with van der Waals surface area (Å²) in [6, 6.07) is 14.4. The standard InChI is InChI=1S/C24H30ClN3O3S/c1-24(2,3)18-9-13-20(14-10-18)26-27-23(29)17-28(21-7-5-4-6-8-21)32(30,31)22-15-11-19(25)12-16-22/h4-8,11-12,15-16,18H,9-10,13-14,17H2,1-3H3,(H,27,29). The van der Waals surface area contributed by atoms with Gasteiger partial charge in [0.05, 0.1) is 10.6 Å². The summed E-state index contributed by atoms with van der Waals surface area (Å²) in [5, 5.41) is 4.73. The van der Waals surface area contributed by atoms with Crippen molar-refractivity contribution in [1.29, 1.82) is 0 Å². The van der Waals surface area contributed by atoms with Crippen LogP contribution in [0.25, 0.3) is 0 Å². The van der Waals surface area contributed by atoms with Gasteiger partial charge in [-0.2, -0.15) is 5.10 Å². The van der Waals surface area contributed by atoms with Crippen molar-refractivity contribution in [1.82, 2.24) is 5.43 Å². The predicted molar refractivity (Wildman–Crippen MR) is 129 cm³/mol. The highest BCUT2D eigenvalue weighted by Crippen LogP contribution is 2.36. The predicted octanol–water partition coefficient (Wildman–Crippen LogP) is 5.24. The quantitative estimate of drug-likeness (QED) is 0.580. The minimum atomic E-state index is -3.97. The average Bonchev–Trinajstić information content (AvgIpc) is 2.76. The van der Waals surface area contributed by atoms with Gasteiger partial charge in [0.1, 0.15) is 6.54 Å². The number of carbonyl (C=O) groups excluding carboxylic acids is 1. The molecule has 172 valence electrons. The molecule has 6 nitrogen and oxygen atoms in total. The van der Waals surface area contributed by atoms with Crippen LogP contribution in [0, 0.1) is 11.3 Å². The summed E-state index contributed by atoms with van der Waals surface area (Å²) in [6.07, 6.45) is 3.76. The molecule has 1 N–H and O–H groups in total. The second-order valence-corrected chi connectivity index (χ2v) is 11.5. The van der Waals surface area contributed by atoms with Crippen LogP contribution in [-0.2, 0) is 14.8 Å². The maximum Gasteiger partial charge on any atom is 0.264 e. The summed E-state index contributed by atoms with van der Waals surface area (Å²) in [4.78, 5) is 12.7. The topological polar surface area (TPSA) is 78.8 Å². The van der Waals surface area contributed by atoms with Crippen molar-refractivity contribution in [3.63, 3.8) is 0 Å². The zero-order valence-electron chi connectivity index (χ0n) is 18.7. The van der Waals surface area contributed by atoms with Gasteiger partial charge in [-0.05, 0) is 73.4 Å². The smallest absolute Gasteiger partial charge is 0.264 e. The SMILES string of the molecule is CC(C)(C)C1CCC(=NNC(=O)CN(c2ccccc2)S(=O)(=O)c2ccc(Cl)cc2)CC1. The molecule has 1 fully saturated rings. The average molecular weight is 476 g/mol. The van der Waals surface area contributed by atoms with Gasteiger partial charge in [-0.15, -0.1) is 0 Å². The highest BCUT2D eigenvalue weighted by molar-refractivity contribution is 7.92. The molecule has 0 heterocycles. The first-order chi connectivity index (χ1) is 15.1. The van der Waals surface area contributed by atoms with E-state index in [2.05, 4.69) is 31.3 Å². The fraction of sp³-hybridized carbons (Fsp3) is 0.417. The Kier molecular flexibility index (Phi) is 7.62. The fourth-order valence-electron chi connectivity index (χ4n) is 3.88. The summed E-state index contributed by atoms with van der Waals surface area (Å²) < 4.78 is 27.7. The lowest BCUT2D eigenvalue weighted by molar-refractivity contribution is -0.119. The molecule has 0 spiro atoms. The molecule has 0 bridgehead atoms. The van der Waals surface area contributed by atoms with Crippen molar-refractivity contribution >= 4 is 38.9 Å². The Morgan fingerprint density at radius 1 is 1.06 bits per heavy atom. The number of hydrogen-bond acceptors (Lipinski definition) is 4. The molecule has 0 aromatic heterocycles. The number of halogens is 1. The molecule has 0 atom stereocenters. The van der Waals surface area contributed by atoms with E-state index in [1.54, 1.807) is 30.3 Å². The van der Waals surface area contributed by atoms with Crippen LogP contribution in [0.5, 0.6) is 0 Å². The number of para-hydroxylation sites is 1. The van der Waals surface area contributed by atoms with Gasteiger partial charge in [-0.25, -0.2) is 13.8 Å². The Balaban J connectivity index is 1.73. The van der Waals surface area contributed by atoms with Crippen molar-refractivity contribution in [3.8, 4) is 0 Å². The maximum absolute atomic E-state index is 13.3. The van der Waals surface area contributed by atoms with Gasteiger partial charge >= 0.3 is 0 Å². The lowest BCUT2D eigenvalue weighted by Crippen LogP contribution is -2.40. The number of nitrogens with one attached hydrogen (secondary N) is 1. The van der Waals surface area contributed by atoms with Crippen LogP contribution < -0.4 is 9.73 Å². The van der Waals surface area contributed by atoms with E-state index in [4.69, 9.17) is 11.6 Å². The van der Waals surface area contributed by atoms with Crippen molar-refractivity contribution < 1.29 is 13.2 Å². The van der Waals surface area contributed by atoms with Gasteiger partial charge in [-0.1, -0.05) is 50.6 Å². The Morgan fingerprint density at radius 2 is 1.66 bits per heavy atom. The van der Waals surface area contributed by atoms with Crippen LogP contribution in [0.2, 0.25) is 5.02 Å². The third-order valence-electron chi connectivity index (χ3n) is 5.86. The third kappa shape index (κ3) is 6.11. The molecule has 0 unspecified atom stereocenters. The molecule has 3 rings (SSSR count). The summed E-state index contributed by atoms with van der Waals surface area (Å²) in [7, 11) is -3.97. The second-order valence-electron chi connectivity index (χ2n) is 9.15. The largest absolute Gasteiger partial charge is 0.271 e. The number of anilines is 1. The molecule has 1 aliphatic rings. The van der Waals surface area contributed by atoms with E-state index in [0.29, 0.717) is 16.6 Å². The molecule has 0 radical (unpaired) electrons. The molecular formula is C24H30ClN3O3S. The number of sulfonamides is 1. The lowest BCUT2D eigenvalue weighted by Gasteiger charge is -2.34.